The lowest BCUT2D eigenvalue weighted by molar-refractivity contribution is -0.129. The van der Waals surface area contributed by atoms with Crippen LogP contribution in [0.1, 0.15) is 26.2 Å². The van der Waals surface area contributed by atoms with Crippen LogP contribution in [0.4, 0.5) is 0 Å². The molecule has 0 saturated heterocycles. The van der Waals surface area contributed by atoms with E-state index in [0.717, 1.165) is 12.8 Å². The molecule has 0 saturated carbocycles. The summed E-state index contributed by atoms with van der Waals surface area (Å²) in [6.07, 6.45) is 3.45. The number of nitrogens with one attached hydrogen (secondary N) is 2. The number of carbonyl (C=O) groups is 2. The van der Waals surface area contributed by atoms with Gasteiger partial charge in [0, 0.05) is 13.1 Å². The van der Waals surface area contributed by atoms with Crippen LogP contribution in [0.15, 0.2) is 12.7 Å². The number of rotatable bonds is 7. The van der Waals surface area contributed by atoms with Crippen molar-refractivity contribution in [1.82, 2.24) is 10.6 Å². The molecular formula is C10H18N2O2. The summed E-state index contributed by atoms with van der Waals surface area (Å²) in [6, 6.07) is 0. The van der Waals surface area contributed by atoms with Crippen molar-refractivity contribution < 1.29 is 9.59 Å². The highest BCUT2D eigenvalue weighted by Gasteiger charge is 2.06. The van der Waals surface area contributed by atoms with Gasteiger partial charge in [0.05, 0.1) is 0 Å². The van der Waals surface area contributed by atoms with Gasteiger partial charge in [-0.3, -0.25) is 9.59 Å². The highest BCUT2D eigenvalue weighted by atomic mass is 16.2. The minimum atomic E-state index is -0.265. The molecule has 0 aliphatic rings. The van der Waals surface area contributed by atoms with Crippen molar-refractivity contribution in [2.45, 2.75) is 26.2 Å². The molecule has 0 aromatic carbocycles. The Balaban J connectivity index is 3.50. The van der Waals surface area contributed by atoms with Gasteiger partial charge in [0.1, 0.15) is 6.42 Å². The molecule has 0 radical (unpaired) electrons. The van der Waals surface area contributed by atoms with Crippen LogP contribution in [-0.2, 0) is 9.59 Å². The molecule has 4 heteroatoms. The van der Waals surface area contributed by atoms with Crippen LogP contribution in [-0.4, -0.2) is 24.9 Å². The van der Waals surface area contributed by atoms with E-state index in [-0.39, 0.29) is 18.2 Å². The first kappa shape index (κ1) is 12.7. The molecule has 0 heterocycles. The Kier molecular flexibility index (Phi) is 7.50. The number of hydrogen-bond acceptors (Lipinski definition) is 2. The summed E-state index contributed by atoms with van der Waals surface area (Å²) in [5.74, 6) is -0.487. The Morgan fingerprint density at radius 1 is 1.29 bits per heavy atom. The van der Waals surface area contributed by atoms with Crippen LogP contribution in [0.2, 0.25) is 0 Å². The summed E-state index contributed by atoms with van der Waals surface area (Å²) < 4.78 is 0. The van der Waals surface area contributed by atoms with Gasteiger partial charge >= 0.3 is 0 Å². The maximum absolute atomic E-state index is 11.1. The summed E-state index contributed by atoms with van der Waals surface area (Å²) in [5.41, 5.74) is 0. The largest absolute Gasteiger partial charge is 0.356 e. The number of hydrogen-bond donors (Lipinski definition) is 2. The van der Waals surface area contributed by atoms with Crippen molar-refractivity contribution in [2.75, 3.05) is 13.1 Å². The maximum atomic E-state index is 11.1. The lowest BCUT2D eigenvalue weighted by Gasteiger charge is -2.04. The minimum absolute atomic E-state index is 0.0996. The van der Waals surface area contributed by atoms with Crippen molar-refractivity contribution in [3.63, 3.8) is 0 Å². The first-order valence-corrected chi connectivity index (χ1v) is 4.85. The lowest BCUT2D eigenvalue weighted by Crippen LogP contribution is -2.32. The van der Waals surface area contributed by atoms with E-state index in [1.165, 1.54) is 0 Å². The van der Waals surface area contributed by atoms with E-state index in [4.69, 9.17) is 0 Å². The topological polar surface area (TPSA) is 58.2 Å². The van der Waals surface area contributed by atoms with Crippen LogP contribution in [0.5, 0.6) is 0 Å². The Hall–Kier alpha value is -1.32. The molecule has 2 N–H and O–H groups in total. The van der Waals surface area contributed by atoms with E-state index in [0.29, 0.717) is 13.1 Å². The van der Waals surface area contributed by atoms with Crippen LogP contribution in [0, 0.1) is 0 Å². The fourth-order valence-corrected chi connectivity index (χ4v) is 0.861. The van der Waals surface area contributed by atoms with E-state index in [9.17, 15) is 9.59 Å². The summed E-state index contributed by atoms with van der Waals surface area (Å²) >= 11 is 0. The average molecular weight is 198 g/mol. The van der Waals surface area contributed by atoms with Gasteiger partial charge in [-0.1, -0.05) is 19.4 Å². The minimum Gasteiger partial charge on any atom is -0.356 e. The molecule has 4 nitrogen and oxygen atoms in total. The molecule has 0 spiro atoms. The van der Waals surface area contributed by atoms with E-state index in [2.05, 4.69) is 17.2 Å². The molecule has 2 amide bonds. The Labute approximate surface area is 84.8 Å². The monoisotopic (exact) mass is 198 g/mol. The van der Waals surface area contributed by atoms with Crippen molar-refractivity contribution >= 4 is 11.8 Å². The summed E-state index contributed by atoms with van der Waals surface area (Å²) in [6.45, 7) is 6.55. The van der Waals surface area contributed by atoms with Crippen molar-refractivity contribution in [2.24, 2.45) is 0 Å². The maximum Gasteiger partial charge on any atom is 0.229 e. The highest BCUT2D eigenvalue weighted by molar-refractivity contribution is 5.96. The van der Waals surface area contributed by atoms with Crippen molar-refractivity contribution in [3.8, 4) is 0 Å². The third kappa shape index (κ3) is 7.34. The molecule has 0 unspecified atom stereocenters. The Bertz CT molecular complexity index is 202. The predicted octanol–water partition coefficient (Wildman–Crippen LogP) is 0.595. The van der Waals surface area contributed by atoms with Gasteiger partial charge in [-0.25, -0.2) is 0 Å². The van der Waals surface area contributed by atoms with Crippen LogP contribution in [0.3, 0.4) is 0 Å². The number of carbonyl (C=O) groups excluding carboxylic acids is 2. The molecule has 0 bridgehead atoms. The average Bonchev–Trinajstić information content (AvgIpc) is 2.15. The first-order chi connectivity index (χ1) is 6.70. The molecule has 0 rings (SSSR count). The fourth-order valence-electron chi connectivity index (χ4n) is 0.861. The van der Waals surface area contributed by atoms with E-state index >= 15 is 0 Å². The Morgan fingerprint density at radius 3 is 2.50 bits per heavy atom. The van der Waals surface area contributed by atoms with Gasteiger partial charge in [-0.05, 0) is 6.42 Å². The first-order valence-electron chi connectivity index (χ1n) is 4.85. The summed E-state index contributed by atoms with van der Waals surface area (Å²) in [5, 5.41) is 5.20. The Morgan fingerprint density at radius 2 is 1.93 bits per heavy atom. The second-order valence-electron chi connectivity index (χ2n) is 2.97. The van der Waals surface area contributed by atoms with Crippen LogP contribution in [0.25, 0.3) is 0 Å². The molecule has 14 heavy (non-hydrogen) atoms. The van der Waals surface area contributed by atoms with Gasteiger partial charge in [-0.2, -0.15) is 0 Å². The molecule has 0 atom stereocenters. The summed E-state index contributed by atoms with van der Waals surface area (Å²) in [4.78, 5) is 22.1. The standard InChI is InChI=1S/C10H18N2O2/c1-3-5-7-12-10(14)8-9(13)11-6-4-2/h4H,2-3,5-8H2,1H3,(H,11,13)(H,12,14). The smallest absolute Gasteiger partial charge is 0.229 e. The molecule has 80 valence electrons. The summed E-state index contributed by atoms with van der Waals surface area (Å²) in [7, 11) is 0. The van der Waals surface area contributed by atoms with E-state index < -0.39 is 0 Å². The molecule has 0 fully saturated rings. The fraction of sp³-hybridized carbons (Fsp3) is 0.600. The van der Waals surface area contributed by atoms with Crippen LogP contribution < -0.4 is 10.6 Å². The number of amides is 2. The highest BCUT2D eigenvalue weighted by Crippen LogP contribution is 1.85. The zero-order valence-electron chi connectivity index (χ0n) is 8.64. The van der Waals surface area contributed by atoms with Crippen molar-refractivity contribution in [3.05, 3.63) is 12.7 Å². The van der Waals surface area contributed by atoms with E-state index in [1.807, 2.05) is 6.92 Å². The molecular weight excluding hydrogens is 180 g/mol. The molecule has 0 aromatic heterocycles. The van der Waals surface area contributed by atoms with Crippen LogP contribution >= 0.6 is 0 Å². The second kappa shape index (κ2) is 8.29. The van der Waals surface area contributed by atoms with Gasteiger partial charge in [0.15, 0.2) is 0 Å². The lowest BCUT2D eigenvalue weighted by atomic mass is 10.3. The molecule has 0 aliphatic heterocycles. The third-order valence-electron chi connectivity index (χ3n) is 1.62. The van der Waals surface area contributed by atoms with E-state index in [1.54, 1.807) is 6.08 Å². The SMILES string of the molecule is C=CCNC(=O)CC(=O)NCCCC. The van der Waals surface area contributed by atoms with Gasteiger partial charge in [0.25, 0.3) is 0 Å². The third-order valence-corrected chi connectivity index (χ3v) is 1.62. The number of unbranched alkanes of at least 4 members (excludes halogenated alkanes) is 1. The van der Waals surface area contributed by atoms with Crippen molar-refractivity contribution in [1.29, 1.82) is 0 Å². The zero-order valence-corrected chi connectivity index (χ0v) is 8.64. The molecule has 0 aromatic rings. The predicted molar refractivity (Wildman–Crippen MR) is 55.7 cm³/mol. The van der Waals surface area contributed by atoms with Gasteiger partial charge in [-0.15, -0.1) is 6.58 Å². The van der Waals surface area contributed by atoms with Gasteiger partial charge in [0.2, 0.25) is 11.8 Å². The quantitative estimate of drug-likeness (QED) is 0.357. The zero-order chi connectivity index (χ0) is 10.8. The second-order valence-corrected chi connectivity index (χ2v) is 2.97. The molecule has 0 aliphatic carbocycles. The normalized spacial score (nSPS) is 9.21. The van der Waals surface area contributed by atoms with Gasteiger partial charge < -0.3 is 10.6 Å².